The number of para-hydroxylation sites is 1. The Morgan fingerprint density at radius 3 is 2.47 bits per heavy atom. The zero-order valence-electron chi connectivity index (χ0n) is 8.99. The van der Waals surface area contributed by atoms with Crippen LogP contribution in [0.2, 0.25) is 0 Å². The Hall–Kier alpha value is -1.14. The molecule has 1 aromatic rings. The molecule has 0 aromatic heterocycles. The first-order chi connectivity index (χ1) is 7.35. The van der Waals surface area contributed by atoms with Crippen molar-refractivity contribution in [3.05, 3.63) is 23.8 Å². The Balaban J connectivity index is 0.00000256. The molecule has 98 valence electrons. The first-order valence-electron chi connectivity index (χ1n) is 4.53. The SMILES string of the molecule is COc1cccc([C@@H](N)CC(F)(F)F)c1O.Cl. The van der Waals surface area contributed by atoms with Gasteiger partial charge in [-0.2, -0.15) is 13.2 Å². The molecular formula is C10H13ClF3NO2. The molecule has 1 atom stereocenters. The van der Waals surface area contributed by atoms with E-state index in [-0.39, 0.29) is 29.5 Å². The van der Waals surface area contributed by atoms with Crippen molar-refractivity contribution in [3.8, 4) is 11.5 Å². The summed E-state index contributed by atoms with van der Waals surface area (Å²) in [5, 5.41) is 9.58. The van der Waals surface area contributed by atoms with Gasteiger partial charge < -0.3 is 15.6 Å². The smallest absolute Gasteiger partial charge is 0.390 e. The van der Waals surface area contributed by atoms with Crippen molar-refractivity contribution in [2.24, 2.45) is 5.73 Å². The molecule has 0 saturated heterocycles. The van der Waals surface area contributed by atoms with E-state index in [4.69, 9.17) is 10.5 Å². The second-order valence-corrected chi connectivity index (χ2v) is 3.32. The molecule has 0 fully saturated rings. The maximum atomic E-state index is 12.1. The van der Waals surface area contributed by atoms with Crippen molar-refractivity contribution < 1.29 is 23.0 Å². The van der Waals surface area contributed by atoms with E-state index in [1.165, 1.54) is 25.3 Å². The number of alkyl halides is 3. The molecule has 1 aromatic carbocycles. The van der Waals surface area contributed by atoms with Gasteiger partial charge in [0.05, 0.1) is 13.5 Å². The van der Waals surface area contributed by atoms with Crippen LogP contribution in [0.3, 0.4) is 0 Å². The van der Waals surface area contributed by atoms with Crippen LogP contribution in [0.15, 0.2) is 18.2 Å². The Kier molecular flexibility index (Phi) is 5.57. The Morgan fingerprint density at radius 1 is 1.41 bits per heavy atom. The molecule has 0 bridgehead atoms. The molecule has 3 N–H and O–H groups in total. The number of ether oxygens (including phenoxy) is 1. The Bertz CT molecular complexity index is 371. The van der Waals surface area contributed by atoms with E-state index in [0.29, 0.717) is 0 Å². The molecule has 0 amide bonds. The minimum atomic E-state index is -4.37. The molecule has 0 aliphatic carbocycles. The molecule has 1 rings (SSSR count). The molecule has 0 aliphatic rings. The van der Waals surface area contributed by atoms with Crippen molar-refractivity contribution in [2.75, 3.05) is 7.11 Å². The summed E-state index contributed by atoms with van der Waals surface area (Å²) in [6.07, 6.45) is -5.55. The average Bonchev–Trinajstić information content (AvgIpc) is 2.15. The summed E-state index contributed by atoms with van der Waals surface area (Å²) in [6, 6.07) is 2.97. The minimum Gasteiger partial charge on any atom is -0.504 e. The molecular weight excluding hydrogens is 259 g/mol. The standard InChI is InChI=1S/C10H12F3NO2.ClH/c1-16-8-4-2-3-6(9(8)15)7(14)5-10(11,12)13;/h2-4,7,15H,5,14H2,1H3;1H/t7-;/m0./s1. The number of benzene rings is 1. The number of nitrogens with two attached hydrogens (primary N) is 1. The lowest BCUT2D eigenvalue weighted by atomic mass is 10.0. The monoisotopic (exact) mass is 271 g/mol. The van der Waals surface area contributed by atoms with Crippen molar-refractivity contribution >= 4 is 12.4 Å². The van der Waals surface area contributed by atoms with Crippen LogP contribution in [0, 0.1) is 0 Å². The van der Waals surface area contributed by atoms with E-state index in [9.17, 15) is 18.3 Å². The highest BCUT2D eigenvalue weighted by Crippen LogP contribution is 2.36. The third kappa shape index (κ3) is 4.32. The van der Waals surface area contributed by atoms with Gasteiger partial charge in [0, 0.05) is 11.6 Å². The predicted octanol–water partition coefficient (Wildman–Crippen LogP) is 2.77. The van der Waals surface area contributed by atoms with Gasteiger partial charge in [0.2, 0.25) is 0 Å². The van der Waals surface area contributed by atoms with Crippen LogP contribution in [0.1, 0.15) is 18.0 Å². The average molecular weight is 272 g/mol. The minimum absolute atomic E-state index is 0. The summed E-state index contributed by atoms with van der Waals surface area (Å²) in [7, 11) is 1.31. The van der Waals surface area contributed by atoms with Crippen LogP contribution in [0.4, 0.5) is 13.2 Å². The van der Waals surface area contributed by atoms with Crippen LogP contribution in [-0.4, -0.2) is 18.4 Å². The van der Waals surface area contributed by atoms with E-state index in [1.54, 1.807) is 0 Å². The normalized spacial score (nSPS) is 12.8. The van der Waals surface area contributed by atoms with Gasteiger partial charge in [-0.15, -0.1) is 12.4 Å². The third-order valence-corrected chi connectivity index (χ3v) is 2.10. The quantitative estimate of drug-likeness (QED) is 0.889. The fourth-order valence-corrected chi connectivity index (χ4v) is 1.36. The lowest BCUT2D eigenvalue weighted by Gasteiger charge is -2.16. The Labute approximate surface area is 103 Å². The van der Waals surface area contributed by atoms with Gasteiger partial charge in [-0.1, -0.05) is 12.1 Å². The van der Waals surface area contributed by atoms with Gasteiger partial charge in [-0.25, -0.2) is 0 Å². The fourth-order valence-electron chi connectivity index (χ4n) is 1.36. The summed E-state index contributed by atoms with van der Waals surface area (Å²) < 4.78 is 41.1. The lowest BCUT2D eigenvalue weighted by molar-refractivity contribution is -0.138. The number of methoxy groups -OCH3 is 1. The molecule has 7 heteroatoms. The zero-order valence-corrected chi connectivity index (χ0v) is 9.81. The number of hydrogen-bond donors (Lipinski definition) is 2. The van der Waals surface area contributed by atoms with E-state index >= 15 is 0 Å². The highest BCUT2D eigenvalue weighted by Gasteiger charge is 2.32. The van der Waals surface area contributed by atoms with Crippen LogP contribution >= 0.6 is 12.4 Å². The van der Waals surface area contributed by atoms with Crippen molar-refractivity contribution in [2.45, 2.75) is 18.6 Å². The van der Waals surface area contributed by atoms with Gasteiger partial charge in [-0.3, -0.25) is 0 Å². The molecule has 0 saturated carbocycles. The summed E-state index contributed by atoms with van der Waals surface area (Å²) in [5.74, 6) is -0.239. The zero-order chi connectivity index (χ0) is 12.3. The number of rotatable bonds is 3. The second kappa shape index (κ2) is 5.97. The van der Waals surface area contributed by atoms with Crippen molar-refractivity contribution in [3.63, 3.8) is 0 Å². The van der Waals surface area contributed by atoms with Crippen molar-refractivity contribution in [1.29, 1.82) is 0 Å². The van der Waals surface area contributed by atoms with Crippen LogP contribution in [-0.2, 0) is 0 Å². The van der Waals surface area contributed by atoms with E-state index < -0.39 is 18.6 Å². The number of halogens is 4. The van der Waals surface area contributed by atoms with Gasteiger partial charge in [0.1, 0.15) is 0 Å². The molecule has 0 aliphatic heterocycles. The maximum Gasteiger partial charge on any atom is 0.390 e. The molecule has 0 spiro atoms. The predicted molar refractivity (Wildman–Crippen MR) is 59.5 cm³/mol. The first kappa shape index (κ1) is 15.9. The number of aromatic hydroxyl groups is 1. The van der Waals surface area contributed by atoms with Crippen molar-refractivity contribution in [1.82, 2.24) is 0 Å². The van der Waals surface area contributed by atoms with Gasteiger partial charge in [-0.05, 0) is 6.07 Å². The number of phenolic OH excluding ortho intramolecular Hbond substituents is 1. The topological polar surface area (TPSA) is 55.5 Å². The van der Waals surface area contributed by atoms with Gasteiger partial charge in [0.25, 0.3) is 0 Å². The molecule has 0 heterocycles. The van der Waals surface area contributed by atoms with Crippen LogP contribution in [0.5, 0.6) is 11.5 Å². The van der Waals surface area contributed by atoms with Crippen LogP contribution < -0.4 is 10.5 Å². The molecule has 0 radical (unpaired) electrons. The van der Waals surface area contributed by atoms with Gasteiger partial charge >= 0.3 is 6.18 Å². The summed E-state index contributed by atoms with van der Waals surface area (Å²) in [6.45, 7) is 0. The largest absolute Gasteiger partial charge is 0.504 e. The molecule has 17 heavy (non-hydrogen) atoms. The summed E-state index contributed by atoms with van der Waals surface area (Å²) in [4.78, 5) is 0. The highest BCUT2D eigenvalue weighted by molar-refractivity contribution is 5.85. The third-order valence-electron chi connectivity index (χ3n) is 2.10. The molecule has 0 unspecified atom stereocenters. The Morgan fingerprint density at radius 2 is 2.00 bits per heavy atom. The first-order valence-corrected chi connectivity index (χ1v) is 4.53. The van der Waals surface area contributed by atoms with Crippen LogP contribution in [0.25, 0.3) is 0 Å². The number of hydrogen-bond acceptors (Lipinski definition) is 3. The fraction of sp³-hybridized carbons (Fsp3) is 0.400. The van der Waals surface area contributed by atoms with E-state index in [1.807, 2.05) is 0 Å². The van der Waals surface area contributed by atoms with Gasteiger partial charge in [0.15, 0.2) is 11.5 Å². The lowest BCUT2D eigenvalue weighted by Crippen LogP contribution is -2.20. The summed E-state index contributed by atoms with van der Waals surface area (Å²) >= 11 is 0. The maximum absolute atomic E-state index is 12.1. The highest BCUT2D eigenvalue weighted by atomic mass is 35.5. The number of phenols is 1. The van der Waals surface area contributed by atoms with E-state index in [2.05, 4.69) is 0 Å². The van der Waals surface area contributed by atoms with E-state index in [0.717, 1.165) is 0 Å². The second-order valence-electron chi connectivity index (χ2n) is 3.32. The summed E-state index contributed by atoms with van der Waals surface area (Å²) in [5.41, 5.74) is 5.39. The molecule has 3 nitrogen and oxygen atoms in total.